The number of likely N-dealkylation sites (N-methyl/N-ethyl adjacent to an activating group) is 1. The second-order valence-electron chi connectivity index (χ2n) is 18.5. The standard InChI is InChI=1S/C43H63N3O5/c1-26(2)30-16-20-42(37(51)46-24-29(47)23-44)22-21-41(7)34(43(30,42)35(48)25-45-8)14-13-33-39(5)18-15-31(27-9-11-28(12-10-27)36(49)50)38(3,4)32(39)17-19-40(33,41)6/h9-12,15,29-30,32-34,45,47H,1,13-14,16-25,44H2,2-8H3,(H,46,51)(H,49,50)/t29?,30-,32+,33-,34-,39+,40-,41?,42-,43+/m1/s1. The lowest BCUT2D eigenvalue weighted by Gasteiger charge is -2.74. The van der Waals surface area contributed by atoms with Gasteiger partial charge in [-0.3, -0.25) is 9.59 Å². The van der Waals surface area contributed by atoms with E-state index < -0.39 is 22.9 Å². The van der Waals surface area contributed by atoms with Gasteiger partial charge in [-0.25, -0.2) is 4.79 Å². The summed E-state index contributed by atoms with van der Waals surface area (Å²) in [6, 6.07) is 7.39. The van der Waals surface area contributed by atoms with Crippen molar-refractivity contribution in [2.24, 2.45) is 61.9 Å². The molecule has 0 spiro atoms. The summed E-state index contributed by atoms with van der Waals surface area (Å²) >= 11 is 0. The number of aromatic carboxylic acids is 1. The van der Waals surface area contributed by atoms with Gasteiger partial charge in [0.1, 0.15) is 0 Å². The van der Waals surface area contributed by atoms with Crippen molar-refractivity contribution in [2.75, 3.05) is 26.7 Å². The Hall–Kier alpha value is -2.81. The van der Waals surface area contributed by atoms with Crippen LogP contribution in [0.3, 0.4) is 0 Å². The van der Waals surface area contributed by atoms with E-state index in [1.807, 2.05) is 19.2 Å². The summed E-state index contributed by atoms with van der Waals surface area (Å²) in [5, 5.41) is 26.1. The number of amides is 1. The fourth-order valence-electron chi connectivity index (χ4n) is 14.0. The number of aliphatic hydroxyl groups excluding tert-OH is 1. The first-order valence-corrected chi connectivity index (χ1v) is 19.5. The van der Waals surface area contributed by atoms with Gasteiger partial charge in [0.2, 0.25) is 5.91 Å². The molecule has 1 aromatic carbocycles. The Morgan fingerprint density at radius 1 is 0.922 bits per heavy atom. The molecule has 0 saturated heterocycles. The SMILES string of the molecule is C=C(C)[C@H]1CC[C@]2(C(=O)NCC(O)CN)CCC3(C)[C@@H](CC[C@@H]4[C@@]5(C)CC=C(c6ccc(C(=O)O)cc6)C(C)(C)[C@@H]5CC[C@]43C)[C@]12C(=O)CNC. The summed E-state index contributed by atoms with van der Waals surface area (Å²) in [7, 11) is 1.83. The highest BCUT2D eigenvalue weighted by molar-refractivity contribution is 5.97. The van der Waals surface area contributed by atoms with Gasteiger partial charge in [0, 0.05) is 13.1 Å². The molecule has 5 aliphatic rings. The third-order valence-electron chi connectivity index (χ3n) is 16.3. The molecule has 6 rings (SSSR count). The zero-order chi connectivity index (χ0) is 37.4. The summed E-state index contributed by atoms with van der Waals surface area (Å²) in [6.45, 7) is 19.2. The van der Waals surface area contributed by atoms with Crippen LogP contribution < -0.4 is 16.4 Å². The Balaban J connectivity index is 1.43. The summed E-state index contributed by atoms with van der Waals surface area (Å²) < 4.78 is 0. The molecule has 2 unspecified atom stereocenters. The molecule has 5 aliphatic carbocycles. The van der Waals surface area contributed by atoms with E-state index in [9.17, 15) is 19.8 Å². The number of hydrogen-bond donors (Lipinski definition) is 5. The molecule has 1 amide bonds. The van der Waals surface area contributed by atoms with Gasteiger partial charge in [-0.2, -0.15) is 0 Å². The molecule has 10 atom stereocenters. The first-order valence-electron chi connectivity index (χ1n) is 19.5. The van der Waals surface area contributed by atoms with E-state index in [0.29, 0.717) is 30.2 Å². The average Bonchev–Trinajstić information content (AvgIpc) is 3.45. The first kappa shape index (κ1) is 37.9. The van der Waals surface area contributed by atoms with Crippen molar-refractivity contribution in [3.63, 3.8) is 0 Å². The smallest absolute Gasteiger partial charge is 0.335 e. The number of aliphatic hydroxyl groups is 1. The topological polar surface area (TPSA) is 142 Å². The Kier molecular flexibility index (Phi) is 9.63. The Morgan fingerprint density at radius 2 is 1.57 bits per heavy atom. The monoisotopic (exact) mass is 701 g/mol. The number of fused-ring (bicyclic) bond motifs is 7. The summed E-state index contributed by atoms with van der Waals surface area (Å²) in [6.07, 6.45) is 9.57. The molecule has 0 aliphatic heterocycles. The number of carbonyl (C=O) groups excluding carboxylic acids is 2. The number of carbonyl (C=O) groups is 3. The minimum Gasteiger partial charge on any atom is -0.478 e. The third-order valence-corrected chi connectivity index (χ3v) is 16.3. The third kappa shape index (κ3) is 5.12. The van der Waals surface area contributed by atoms with E-state index in [0.717, 1.165) is 56.1 Å². The van der Waals surface area contributed by atoms with Crippen molar-refractivity contribution >= 4 is 23.2 Å². The second kappa shape index (κ2) is 12.9. The van der Waals surface area contributed by atoms with Gasteiger partial charge < -0.3 is 26.6 Å². The van der Waals surface area contributed by atoms with Crippen molar-refractivity contribution in [2.45, 2.75) is 105 Å². The van der Waals surface area contributed by atoms with E-state index in [2.05, 4.69) is 64.8 Å². The minimum absolute atomic E-state index is 0.0193. The molecule has 1 aromatic rings. The summed E-state index contributed by atoms with van der Waals surface area (Å²) in [5.41, 5.74) is 7.41. The first-order chi connectivity index (χ1) is 23.9. The van der Waals surface area contributed by atoms with E-state index >= 15 is 4.79 Å². The fourth-order valence-corrected chi connectivity index (χ4v) is 14.0. The average molecular weight is 702 g/mol. The fraction of sp³-hybridized carbons (Fsp3) is 0.698. The van der Waals surface area contributed by atoms with E-state index in [-0.39, 0.29) is 64.8 Å². The highest BCUT2D eigenvalue weighted by Crippen LogP contribution is 2.81. The van der Waals surface area contributed by atoms with Crippen molar-refractivity contribution in [1.82, 2.24) is 10.6 Å². The molecule has 280 valence electrons. The number of allylic oxidation sites excluding steroid dienone is 3. The Bertz CT molecular complexity index is 1620. The van der Waals surface area contributed by atoms with E-state index in [1.165, 1.54) is 5.57 Å². The normalized spacial score (nSPS) is 40.1. The maximum atomic E-state index is 15.1. The predicted octanol–water partition coefficient (Wildman–Crippen LogP) is 6.63. The number of nitrogens with one attached hydrogen (secondary N) is 2. The van der Waals surface area contributed by atoms with Crippen LogP contribution >= 0.6 is 0 Å². The van der Waals surface area contributed by atoms with Crippen LogP contribution in [-0.2, 0) is 9.59 Å². The lowest BCUT2D eigenvalue weighted by Crippen LogP contribution is -2.72. The Labute approximate surface area is 305 Å². The largest absolute Gasteiger partial charge is 0.478 e. The number of nitrogens with two attached hydrogens (primary N) is 1. The van der Waals surface area contributed by atoms with Gasteiger partial charge in [-0.05, 0) is 140 Å². The van der Waals surface area contributed by atoms with Crippen LogP contribution in [0.5, 0.6) is 0 Å². The predicted molar refractivity (Wildman–Crippen MR) is 202 cm³/mol. The molecule has 8 heteroatoms. The van der Waals surface area contributed by atoms with Crippen molar-refractivity contribution < 1.29 is 24.6 Å². The molecular weight excluding hydrogens is 638 g/mol. The zero-order valence-corrected chi connectivity index (χ0v) is 32.2. The molecule has 0 bridgehead atoms. The highest BCUT2D eigenvalue weighted by Gasteiger charge is 2.78. The number of Topliss-reactive ketones (excluding diaryl/α,β-unsaturated/α-hetero) is 1. The van der Waals surface area contributed by atoms with Crippen molar-refractivity contribution in [3.05, 3.63) is 53.6 Å². The number of rotatable bonds is 10. The molecule has 0 heterocycles. The Morgan fingerprint density at radius 3 is 2.18 bits per heavy atom. The number of carboxylic acids is 1. The molecule has 51 heavy (non-hydrogen) atoms. The van der Waals surface area contributed by atoms with Crippen LogP contribution in [-0.4, -0.2) is 60.7 Å². The van der Waals surface area contributed by atoms with Gasteiger partial charge in [0.05, 0.1) is 29.0 Å². The van der Waals surface area contributed by atoms with Crippen LogP contribution in [0.25, 0.3) is 5.57 Å². The highest BCUT2D eigenvalue weighted by atomic mass is 16.4. The molecule has 0 aromatic heterocycles. The molecular formula is C43H63N3O5. The van der Waals surface area contributed by atoms with Crippen LogP contribution in [0.1, 0.15) is 115 Å². The maximum absolute atomic E-state index is 15.1. The van der Waals surface area contributed by atoms with Crippen molar-refractivity contribution in [3.8, 4) is 0 Å². The number of benzene rings is 1. The zero-order valence-electron chi connectivity index (χ0n) is 32.2. The number of carboxylic acid groups (broad SMARTS) is 1. The van der Waals surface area contributed by atoms with Gasteiger partial charge in [-0.15, -0.1) is 0 Å². The van der Waals surface area contributed by atoms with E-state index in [4.69, 9.17) is 5.73 Å². The maximum Gasteiger partial charge on any atom is 0.335 e. The molecule has 6 N–H and O–H groups in total. The van der Waals surface area contributed by atoms with Crippen LogP contribution in [0.4, 0.5) is 0 Å². The lowest BCUT2D eigenvalue weighted by molar-refractivity contribution is -0.245. The quantitative estimate of drug-likeness (QED) is 0.173. The molecule has 4 saturated carbocycles. The second-order valence-corrected chi connectivity index (χ2v) is 18.5. The number of hydrogen-bond acceptors (Lipinski definition) is 6. The van der Waals surface area contributed by atoms with Gasteiger partial charge >= 0.3 is 5.97 Å². The lowest BCUT2D eigenvalue weighted by atomic mass is 9.29. The van der Waals surface area contributed by atoms with Crippen LogP contribution in [0, 0.1) is 56.2 Å². The van der Waals surface area contributed by atoms with Crippen LogP contribution in [0.2, 0.25) is 0 Å². The summed E-state index contributed by atoms with van der Waals surface area (Å²) in [4.78, 5) is 41.3. The van der Waals surface area contributed by atoms with Crippen LogP contribution in [0.15, 0.2) is 42.5 Å². The van der Waals surface area contributed by atoms with Gasteiger partial charge in [0.25, 0.3) is 0 Å². The van der Waals surface area contributed by atoms with Crippen molar-refractivity contribution in [1.29, 1.82) is 0 Å². The number of ketones is 1. The summed E-state index contributed by atoms with van der Waals surface area (Å²) in [5.74, 6) is -0.0515. The molecule has 8 nitrogen and oxygen atoms in total. The van der Waals surface area contributed by atoms with E-state index in [1.54, 1.807) is 12.1 Å². The molecule has 4 fully saturated rings. The van der Waals surface area contributed by atoms with Gasteiger partial charge in [-0.1, -0.05) is 65.0 Å². The minimum atomic E-state index is -0.908. The van der Waals surface area contributed by atoms with Gasteiger partial charge in [0.15, 0.2) is 5.78 Å². The molecule has 0 radical (unpaired) electrons.